The van der Waals surface area contributed by atoms with E-state index in [1.54, 1.807) is 0 Å². The summed E-state index contributed by atoms with van der Waals surface area (Å²) < 4.78 is 0. The fourth-order valence-electron chi connectivity index (χ4n) is 2.61. The first-order valence-electron chi connectivity index (χ1n) is 6.33. The van der Waals surface area contributed by atoms with E-state index < -0.39 is 12.0 Å². The van der Waals surface area contributed by atoms with Crippen LogP contribution in [0, 0.1) is 0 Å². The van der Waals surface area contributed by atoms with Crippen molar-refractivity contribution in [3.8, 4) is 0 Å². The van der Waals surface area contributed by atoms with E-state index >= 15 is 0 Å². The van der Waals surface area contributed by atoms with Crippen molar-refractivity contribution in [2.75, 3.05) is 6.54 Å². The van der Waals surface area contributed by atoms with Gasteiger partial charge in [-0.2, -0.15) is 0 Å². The van der Waals surface area contributed by atoms with Crippen molar-refractivity contribution in [3.05, 3.63) is 0 Å². The van der Waals surface area contributed by atoms with Gasteiger partial charge in [0.2, 0.25) is 0 Å². The van der Waals surface area contributed by atoms with Crippen molar-refractivity contribution >= 4 is 23.2 Å². The number of rotatable bonds is 7. The van der Waals surface area contributed by atoms with Gasteiger partial charge in [0.1, 0.15) is 6.04 Å². The van der Waals surface area contributed by atoms with Crippen LogP contribution in [0.15, 0.2) is 0 Å². The molecule has 0 aliphatic heterocycles. The molecule has 1 unspecified atom stereocenters. The lowest BCUT2D eigenvalue weighted by molar-refractivity contribution is -0.144. The molecular formula is C12H22N2O2S. The maximum atomic E-state index is 11.3. The lowest BCUT2D eigenvalue weighted by Crippen LogP contribution is -2.49. The molecule has 3 N–H and O–H groups in total. The molecule has 0 spiro atoms. The van der Waals surface area contributed by atoms with Gasteiger partial charge < -0.3 is 10.8 Å². The van der Waals surface area contributed by atoms with E-state index in [-0.39, 0.29) is 0 Å². The Morgan fingerprint density at radius 2 is 2.12 bits per heavy atom. The molecule has 1 aliphatic rings. The highest BCUT2D eigenvalue weighted by Gasteiger charge is 2.32. The summed E-state index contributed by atoms with van der Waals surface area (Å²) in [4.78, 5) is 13.7. The van der Waals surface area contributed by atoms with E-state index in [1.165, 1.54) is 12.8 Å². The molecule has 5 heteroatoms. The lowest BCUT2D eigenvalue weighted by atomic mass is 10.1. The molecule has 17 heavy (non-hydrogen) atoms. The van der Waals surface area contributed by atoms with Crippen LogP contribution in [0.5, 0.6) is 0 Å². The minimum absolute atomic E-state index is 0.337. The van der Waals surface area contributed by atoms with Crippen molar-refractivity contribution in [2.24, 2.45) is 5.73 Å². The largest absolute Gasteiger partial charge is 0.480 e. The molecule has 0 bridgehead atoms. The van der Waals surface area contributed by atoms with Crippen LogP contribution >= 0.6 is 12.2 Å². The van der Waals surface area contributed by atoms with E-state index in [0.717, 1.165) is 19.3 Å². The smallest absolute Gasteiger partial charge is 0.320 e. The monoisotopic (exact) mass is 258 g/mol. The van der Waals surface area contributed by atoms with Gasteiger partial charge in [0.25, 0.3) is 0 Å². The van der Waals surface area contributed by atoms with Gasteiger partial charge >= 0.3 is 5.97 Å². The summed E-state index contributed by atoms with van der Waals surface area (Å²) in [5.74, 6) is -0.755. The van der Waals surface area contributed by atoms with E-state index in [0.29, 0.717) is 24.0 Å². The summed E-state index contributed by atoms with van der Waals surface area (Å²) in [5.41, 5.74) is 5.59. The number of nitrogens with two attached hydrogens (primary N) is 1. The van der Waals surface area contributed by atoms with Crippen LogP contribution in [0.2, 0.25) is 0 Å². The van der Waals surface area contributed by atoms with Gasteiger partial charge in [0.05, 0.1) is 4.99 Å². The number of hydrogen-bond donors (Lipinski definition) is 2. The molecule has 1 saturated carbocycles. The number of carbonyl (C=O) groups is 1. The van der Waals surface area contributed by atoms with Crippen molar-refractivity contribution < 1.29 is 9.90 Å². The Morgan fingerprint density at radius 1 is 1.53 bits per heavy atom. The van der Waals surface area contributed by atoms with Gasteiger partial charge in [-0.1, -0.05) is 38.4 Å². The van der Waals surface area contributed by atoms with Gasteiger partial charge in [-0.25, -0.2) is 0 Å². The molecule has 0 amide bonds. The van der Waals surface area contributed by atoms with Crippen LogP contribution in [-0.2, 0) is 4.79 Å². The fraction of sp³-hybridized carbons (Fsp3) is 0.833. The first-order chi connectivity index (χ1) is 8.06. The Bertz CT molecular complexity index is 278. The van der Waals surface area contributed by atoms with Crippen LogP contribution in [0.3, 0.4) is 0 Å². The Hall–Kier alpha value is -0.680. The van der Waals surface area contributed by atoms with Crippen LogP contribution in [-0.4, -0.2) is 39.6 Å². The number of carboxylic acids is 1. The standard InChI is InChI=1S/C12H22N2O2S/c1-2-5-10(12(15)16)14(8-11(13)17)9-6-3-4-7-9/h9-10H,2-8H2,1H3,(H2,13,17)(H,15,16). The quantitative estimate of drug-likeness (QED) is 0.681. The lowest BCUT2D eigenvalue weighted by Gasteiger charge is -2.33. The zero-order valence-corrected chi connectivity index (χ0v) is 11.2. The predicted octanol–water partition coefficient (Wildman–Crippen LogP) is 1.77. The minimum atomic E-state index is -0.755. The Balaban J connectivity index is 2.77. The van der Waals surface area contributed by atoms with Crippen LogP contribution in [0.4, 0.5) is 0 Å². The molecule has 0 heterocycles. The van der Waals surface area contributed by atoms with Gasteiger partial charge in [-0.15, -0.1) is 0 Å². The molecule has 0 aromatic rings. The van der Waals surface area contributed by atoms with Crippen LogP contribution in [0.1, 0.15) is 45.4 Å². The molecule has 0 radical (unpaired) electrons. The Morgan fingerprint density at radius 3 is 2.53 bits per heavy atom. The van der Waals surface area contributed by atoms with Crippen LogP contribution < -0.4 is 5.73 Å². The summed E-state index contributed by atoms with van der Waals surface area (Å²) >= 11 is 4.94. The molecule has 1 rings (SSSR count). The van der Waals surface area contributed by atoms with Gasteiger partial charge in [-0.05, 0) is 19.3 Å². The molecule has 98 valence electrons. The third kappa shape index (κ3) is 4.24. The summed E-state index contributed by atoms with van der Waals surface area (Å²) in [7, 11) is 0. The van der Waals surface area contributed by atoms with E-state index in [2.05, 4.69) is 0 Å². The zero-order chi connectivity index (χ0) is 12.8. The highest BCUT2D eigenvalue weighted by Crippen LogP contribution is 2.26. The molecular weight excluding hydrogens is 236 g/mol. The van der Waals surface area contributed by atoms with Crippen molar-refractivity contribution in [1.29, 1.82) is 0 Å². The number of aliphatic carboxylic acids is 1. The Kier molecular flexibility index (Phi) is 5.85. The van der Waals surface area contributed by atoms with E-state index in [1.807, 2.05) is 11.8 Å². The summed E-state index contributed by atoms with van der Waals surface area (Å²) in [6.45, 7) is 2.43. The maximum Gasteiger partial charge on any atom is 0.320 e. The molecule has 0 aromatic carbocycles. The number of thiocarbonyl (C=S) groups is 1. The normalized spacial score (nSPS) is 18.5. The van der Waals surface area contributed by atoms with Crippen molar-refractivity contribution in [3.63, 3.8) is 0 Å². The molecule has 0 aromatic heterocycles. The zero-order valence-electron chi connectivity index (χ0n) is 10.4. The summed E-state index contributed by atoms with van der Waals surface area (Å²) in [5, 5.41) is 9.32. The highest BCUT2D eigenvalue weighted by atomic mass is 32.1. The second-order valence-corrected chi connectivity index (χ2v) is 5.24. The third-order valence-corrected chi connectivity index (χ3v) is 3.51. The van der Waals surface area contributed by atoms with E-state index in [4.69, 9.17) is 18.0 Å². The minimum Gasteiger partial charge on any atom is -0.480 e. The Labute approximate surface area is 108 Å². The second kappa shape index (κ2) is 6.91. The molecule has 4 nitrogen and oxygen atoms in total. The average molecular weight is 258 g/mol. The second-order valence-electron chi connectivity index (χ2n) is 4.72. The first-order valence-corrected chi connectivity index (χ1v) is 6.74. The van der Waals surface area contributed by atoms with Gasteiger partial charge in [0, 0.05) is 12.6 Å². The first kappa shape index (κ1) is 14.4. The van der Waals surface area contributed by atoms with Gasteiger partial charge in [0.15, 0.2) is 0 Å². The molecule has 0 saturated heterocycles. The molecule has 1 fully saturated rings. The van der Waals surface area contributed by atoms with Crippen LogP contribution in [0.25, 0.3) is 0 Å². The average Bonchev–Trinajstić information content (AvgIpc) is 2.75. The molecule has 1 atom stereocenters. The third-order valence-electron chi connectivity index (χ3n) is 3.38. The number of nitrogens with zero attached hydrogens (tertiary/aromatic N) is 1. The number of hydrogen-bond acceptors (Lipinski definition) is 3. The van der Waals surface area contributed by atoms with E-state index in [9.17, 15) is 9.90 Å². The topological polar surface area (TPSA) is 66.6 Å². The maximum absolute atomic E-state index is 11.3. The predicted molar refractivity (Wildman–Crippen MR) is 72.1 cm³/mol. The number of carboxylic acid groups (broad SMARTS) is 1. The summed E-state index contributed by atoms with van der Waals surface area (Å²) in [6, 6.07) is -0.103. The molecule has 1 aliphatic carbocycles. The SMILES string of the molecule is CCCC(C(=O)O)N(CC(N)=S)C1CCCC1. The van der Waals surface area contributed by atoms with Crippen molar-refractivity contribution in [1.82, 2.24) is 4.90 Å². The highest BCUT2D eigenvalue weighted by molar-refractivity contribution is 7.80. The van der Waals surface area contributed by atoms with Gasteiger partial charge in [-0.3, -0.25) is 9.69 Å². The van der Waals surface area contributed by atoms with Crippen molar-refractivity contribution in [2.45, 2.75) is 57.5 Å². The fourth-order valence-corrected chi connectivity index (χ4v) is 2.76. The summed E-state index contributed by atoms with van der Waals surface area (Å²) in [6.07, 6.45) is 6.01.